The minimum atomic E-state index is 0.129. The highest BCUT2D eigenvalue weighted by atomic mass is 32.1. The number of ketones is 1. The fourth-order valence-corrected chi connectivity index (χ4v) is 0.494. The van der Waals surface area contributed by atoms with E-state index in [9.17, 15) is 4.79 Å². The summed E-state index contributed by atoms with van der Waals surface area (Å²) in [7, 11) is 0. The van der Waals surface area contributed by atoms with Crippen LogP contribution in [0, 0.1) is 0 Å². The lowest BCUT2D eigenvalue weighted by Crippen LogP contribution is -2.23. The lowest BCUT2D eigenvalue weighted by Gasteiger charge is -1.92. The first-order valence-corrected chi connectivity index (χ1v) is 3.60. The molecule has 0 saturated heterocycles. The molecule has 0 aromatic rings. The maximum absolute atomic E-state index is 10.4. The summed E-state index contributed by atoms with van der Waals surface area (Å²) in [4.78, 5) is 10.4. The van der Waals surface area contributed by atoms with Gasteiger partial charge in [0.1, 0.15) is 5.78 Å². The normalized spacial score (nSPS) is 9.91. The van der Waals surface area contributed by atoms with E-state index in [4.69, 9.17) is 5.73 Å². The van der Waals surface area contributed by atoms with Gasteiger partial charge in [-0.25, -0.2) is 0 Å². The number of carbonyl (C=O) groups is 1. The smallest absolute Gasteiger partial charge is 0.184 e. The molecule has 0 aliphatic rings. The van der Waals surface area contributed by atoms with Crippen LogP contribution in [0.15, 0.2) is 5.10 Å². The number of rotatable bonds is 4. The van der Waals surface area contributed by atoms with Crippen LogP contribution in [-0.2, 0) is 4.79 Å². The van der Waals surface area contributed by atoms with Crippen LogP contribution < -0.4 is 11.2 Å². The largest absolute Gasteiger partial charge is 0.375 e. The van der Waals surface area contributed by atoms with Crippen LogP contribution in [-0.4, -0.2) is 17.1 Å². The Labute approximate surface area is 70.8 Å². The Morgan fingerprint density at radius 3 is 2.91 bits per heavy atom. The van der Waals surface area contributed by atoms with Crippen LogP contribution in [0.5, 0.6) is 0 Å². The minimum absolute atomic E-state index is 0.129. The first kappa shape index (κ1) is 10.0. The van der Waals surface area contributed by atoms with Gasteiger partial charge < -0.3 is 10.5 Å². The molecule has 0 aromatic heterocycles. The van der Waals surface area contributed by atoms with E-state index >= 15 is 0 Å². The van der Waals surface area contributed by atoms with Crippen molar-refractivity contribution in [2.24, 2.45) is 10.8 Å². The lowest BCUT2D eigenvalue weighted by molar-refractivity contribution is -0.116. The number of Topliss-reactive ketones (excluding diaryl/α,β-unsaturated/α-hetero) is 1. The van der Waals surface area contributed by atoms with Gasteiger partial charge in [-0.2, -0.15) is 5.10 Å². The molecule has 0 rings (SSSR count). The molecule has 3 N–H and O–H groups in total. The Hall–Kier alpha value is -0.970. The summed E-state index contributed by atoms with van der Waals surface area (Å²) >= 11 is 4.48. The molecule has 0 unspecified atom stereocenters. The van der Waals surface area contributed by atoms with Gasteiger partial charge in [0.15, 0.2) is 5.11 Å². The SMILES string of the molecule is CC(=O)CCC=NNC(N)=S. The molecule has 0 aromatic carbocycles. The van der Waals surface area contributed by atoms with Crippen LogP contribution in [0.25, 0.3) is 0 Å². The maximum atomic E-state index is 10.4. The average molecular weight is 173 g/mol. The van der Waals surface area contributed by atoms with Crippen molar-refractivity contribution in [3.63, 3.8) is 0 Å². The molecule has 4 nitrogen and oxygen atoms in total. The summed E-state index contributed by atoms with van der Waals surface area (Å²) in [6, 6.07) is 0. The highest BCUT2D eigenvalue weighted by molar-refractivity contribution is 7.80. The molecule has 0 heterocycles. The standard InChI is InChI=1S/C6H11N3OS/c1-5(10)3-2-4-8-9-6(7)11/h4H,2-3H2,1H3,(H3,7,9,11). The number of hydrogen-bond acceptors (Lipinski definition) is 3. The molecule has 11 heavy (non-hydrogen) atoms. The van der Waals surface area contributed by atoms with Gasteiger partial charge in [0.05, 0.1) is 0 Å². The highest BCUT2D eigenvalue weighted by Crippen LogP contribution is 1.84. The van der Waals surface area contributed by atoms with E-state index < -0.39 is 0 Å². The summed E-state index contributed by atoms with van der Waals surface area (Å²) < 4.78 is 0. The molecular weight excluding hydrogens is 162 g/mol. The topological polar surface area (TPSA) is 67.5 Å². The lowest BCUT2D eigenvalue weighted by atomic mass is 10.2. The van der Waals surface area contributed by atoms with Crippen molar-refractivity contribution in [1.82, 2.24) is 5.43 Å². The minimum Gasteiger partial charge on any atom is -0.375 e. The van der Waals surface area contributed by atoms with E-state index in [1.165, 1.54) is 6.92 Å². The van der Waals surface area contributed by atoms with Gasteiger partial charge >= 0.3 is 0 Å². The fourth-order valence-electron chi connectivity index (χ4n) is 0.442. The number of carbonyl (C=O) groups excluding carboxylic acids is 1. The predicted molar refractivity (Wildman–Crippen MR) is 48.3 cm³/mol. The molecule has 0 fully saturated rings. The maximum Gasteiger partial charge on any atom is 0.184 e. The summed E-state index contributed by atoms with van der Waals surface area (Å²) in [5.41, 5.74) is 7.46. The summed E-state index contributed by atoms with van der Waals surface area (Å²) in [5.74, 6) is 0.145. The van der Waals surface area contributed by atoms with Crippen molar-refractivity contribution in [2.75, 3.05) is 0 Å². The second-order valence-electron chi connectivity index (χ2n) is 2.03. The van der Waals surface area contributed by atoms with E-state index in [0.29, 0.717) is 12.8 Å². The fraction of sp³-hybridized carbons (Fsp3) is 0.500. The zero-order valence-electron chi connectivity index (χ0n) is 6.33. The third kappa shape index (κ3) is 9.03. The van der Waals surface area contributed by atoms with Gasteiger partial charge in [0.2, 0.25) is 0 Å². The quantitative estimate of drug-likeness (QED) is 0.361. The van der Waals surface area contributed by atoms with Crippen LogP contribution in [0.1, 0.15) is 19.8 Å². The molecule has 0 aliphatic heterocycles. The zero-order chi connectivity index (χ0) is 8.69. The van der Waals surface area contributed by atoms with Crippen molar-refractivity contribution in [3.05, 3.63) is 0 Å². The van der Waals surface area contributed by atoms with Crippen molar-refractivity contribution in [3.8, 4) is 0 Å². The molecule has 0 bridgehead atoms. The Kier molecular flexibility index (Phi) is 5.28. The van der Waals surface area contributed by atoms with Crippen molar-refractivity contribution >= 4 is 29.3 Å². The van der Waals surface area contributed by atoms with Gasteiger partial charge in [-0.05, 0) is 25.6 Å². The molecule has 5 heteroatoms. The molecule has 0 atom stereocenters. The third-order valence-electron chi connectivity index (χ3n) is 0.892. The molecule has 0 saturated carbocycles. The second kappa shape index (κ2) is 5.79. The summed E-state index contributed by atoms with van der Waals surface area (Å²) in [5, 5.41) is 3.78. The molecule has 62 valence electrons. The average Bonchev–Trinajstić information content (AvgIpc) is 1.85. The van der Waals surface area contributed by atoms with Crippen LogP contribution in [0.4, 0.5) is 0 Å². The first-order valence-electron chi connectivity index (χ1n) is 3.19. The summed E-state index contributed by atoms with van der Waals surface area (Å²) in [6.45, 7) is 1.54. The number of hydrogen-bond donors (Lipinski definition) is 2. The van der Waals surface area contributed by atoms with Crippen molar-refractivity contribution < 1.29 is 4.79 Å². The number of nitrogens with zero attached hydrogens (tertiary/aromatic N) is 1. The zero-order valence-corrected chi connectivity index (χ0v) is 7.15. The Morgan fingerprint density at radius 1 is 1.82 bits per heavy atom. The van der Waals surface area contributed by atoms with Gasteiger partial charge in [-0.3, -0.25) is 5.43 Å². The van der Waals surface area contributed by atoms with Crippen molar-refractivity contribution in [2.45, 2.75) is 19.8 Å². The molecular formula is C6H11N3OS. The number of hydrazone groups is 1. The molecule has 0 spiro atoms. The van der Waals surface area contributed by atoms with Crippen molar-refractivity contribution in [1.29, 1.82) is 0 Å². The molecule has 0 aliphatic carbocycles. The van der Waals surface area contributed by atoms with Gasteiger partial charge in [0, 0.05) is 12.6 Å². The Bertz CT molecular complexity index is 179. The first-order chi connectivity index (χ1) is 5.13. The Morgan fingerprint density at radius 2 is 2.45 bits per heavy atom. The monoisotopic (exact) mass is 173 g/mol. The van der Waals surface area contributed by atoms with E-state index in [0.717, 1.165) is 0 Å². The van der Waals surface area contributed by atoms with E-state index in [1.807, 2.05) is 0 Å². The number of thiocarbonyl (C=S) groups is 1. The predicted octanol–water partition coefficient (Wildman–Crippen LogP) is 0.175. The van der Waals surface area contributed by atoms with Gasteiger partial charge in [-0.15, -0.1) is 0 Å². The van der Waals surface area contributed by atoms with E-state index in [-0.39, 0.29) is 10.9 Å². The molecule has 0 radical (unpaired) electrons. The van der Waals surface area contributed by atoms with E-state index in [2.05, 4.69) is 22.7 Å². The highest BCUT2D eigenvalue weighted by Gasteiger charge is 1.88. The van der Waals surface area contributed by atoms with Gasteiger partial charge in [-0.1, -0.05) is 0 Å². The second-order valence-corrected chi connectivity index (χ2v) is 2.47. The van der Waals surface area contributed by atoms with Crippen LogP contribution >= 0.6 is 12.2 Å². The van der Waals surface area contributed by atoms with Crippen LogP contribution in [0.3, 0.4) is 0 Å². The van der Waals surface area contributed by atoms with Crippen LogP contribution in [0.2, 0.25) is 0 Å². The third-order valence-corrected chi connectivity index (χ3v) is 0.983. The summed E-state index contributed by atoms with van der Waals surface area (Å²) in [6.07, 6.45) is 2.69. The molecule has 0 amide bonds. The number of nitrogens with one attached hydrogen (secondary N) is 1. The number of nitrogens with two attached hydrogens (primary N) is 1. The van der Waals surface area contributed by atoms with E-state index in [1.54, 1.807) is 6.21 Å². The van der Waals surface area contributed by atoms with Gasteiger partial charge in [0.25, 0.3) is 0 Å². The Balaban J connectivity index is 3.30.